The number of halogens is 6. The van der Waals surface area contributed by atoms with E-state index in [0.717, 1.165) is 0 Å². The van der Waals surface area contributed by atoms with Crippen molar-refractivity contribution >= 4 is 21.8 Å². The number of aromatic nitrogens is 3. The number of alkyl halides is 6. The maximum atomic E-state index is 13.7. The zero-order valence-corrected chi connectivity index (χ0v) is 27.0. The second-order valence-electron chi connectivity index (χ2n) is 11.2. The molecule has 4 N–H and O–H groups in total. The van der Waals surface area contributed by atoms with Gasteiger partial charge in [-0.25, -0.2) is 33.3 Å². The normalized spacial score (nSPS) is 18.4. The molecule has 18 heteroatoms. The molecule has 1 amide bonds. The Kier molecular flexibility index (Phi) is 10.6. The lowest BCUT2D eigenvalue weighted by Gasteiger charge is -2.48. The maximum absolute atomic E-state index is 13.7. The molecule has 4 rings (SSSR count). The predicted octanol–water partition coefficient (Wildman–Crippen LogP) is 5.10. The van der Waals surface area contributed by atoms with E-state index < -0.39 is 63.4 Å². The van der Waals surface area contributed by atoms with Crippen LogP contribution in [0.1, 0.15) is 72.1 Å². The van der Waals surface area contributed by atoms with Crippen molar-refractivity contribution in [2.24, 2.45) is 10.9 Å². The molecule has 2 aromatic heterocycles. The predicted molar refractivity (Wildman–Crippen MR) is 162 cm³/mol. The molecule has 3 aromatic rings. The maximum Gasteiger partial charge on any atom is 0.416 e. The molecule has 3 heterocycles. The molecule has 0 saturated carbocycles. The van der Waals surface area contributed by atoms with Gasteiger partial charge in [-0.15, -0.1) is 0 Å². The van der Waals surface area contributed by atoms with Gasteiger partial charge in [0, 0.05) is 25.1 Å². The van der Waals surface area contributed by atoms with Crippen molar-refractivity contribution in [1.29, 1.82) is 0 Å². The summed E-state index contributed by atoms with van der Waals surface area (Å²) < 4.78 is 116. The Morgan fingerprint density at radius 1 is 1.06 bits per heavy atom. The third-order valence-corrected chi connectivity index (χ3v) is 8.84. The number of aryl methyl sites for hydroxylation is 1. The number of carbonyl (C=O) groups excluding carboxylic acids is 1. The highest BCUT2D eigenvalue weighted by Crippen LogP contribution is 2.44. The fourth-order valence-corrected chi connectivity index (χ4v) is 6.18. The summed E-state index contributed by atoms with van der Waals surface area (Å²) in [6, 6.07) is 4.35. The average Bonchev–Trinajstić information content (AvgIpc) is 2.99. The Hall–Kier alpha value is -4.03. The van der Waals surface area contributed by atoms with E-state index >= 15 is 0 Å². The van der Waals surface area contributed by atoms with Gasteiger partial charge in [0.2, 0.25) is 15.9 Å². The van der Waals surface area contributed by atoms with E-state index in [1.54, 1.807) is 19.9 Å². The third kappa shape index (κ3) is 8.15. The van der Waals surface area contributed by atoms with Crippen LogP contribution in [0.3, 0.4) is 0 Å². The summed E-state index contributed by atoms with van der Waals surface area (Å²) in [4.78, 5) is 28.1. The molecular weight excluding hydrogens is 670 g/mol. The van der Waals surface area contributed by atoms with Crippen LogP contribution < -0.4 is 20.5 Å². The number of rotatable bonds is 10. The lowest BCUT2D eigenvalue weighted by Crippen LogP contribution is -2.65. The lowest BCUT2D eigenvalue weighted by molar-refractivity contribution is -0.143. The van der Waals surface area contributed by atoms with Crippen LogP contribution in [-0.2, 0) is 46.4 Å². The monoisotopic (exact) mass is 704 g/mol. The average molecular weight is 705 g/mol. The number of primary sulfonamides is 1. The number of nitrogens with two attached hydrogens (primary N) is 2. The molecule has 1 aromatic carbocycles. The van der Waals surface area contributed by atoms with E-state index in [-0.39, 0.29) is 66.9 Å². The summed E-state index contributed by atoms with van der Waals surface area (Å²) in [6.07, 6.45) is -9.97. The fourth-order valence-electron chi connectivity index (χ4n) is 5.63. The van der Waals surface area contributed by atoms with Crippen molar-refractivity contribution in [3.63, 3.8) is 0 Å². The molecule has 0 aliphatic carbocycles. The number of fused-ring (bicyclic) bond motifs is 1. The molecule has 262 valence electrons. The molecule has 1 aliphatic rings. The molecule has 2 atom stereocenters. The van der Waals surface area contributed by atoms with Crippen LogP contribution in [-0.4, -0.2) is 54.6 Å². The SMILES string of the molecule is CCOC(=O)N1c2ccc(OC)nc2CC(c2ncc(CCCS(N)(=O)=O)c(Cc3cc(C(F)(F)F)cc(C(F)(F)F)c3)n2)C1(N)CC. The van der Waals surface area contributed by atoms with Gasteiger partial charge >= 0.3 is 18.4 Å². The van der Waals surface area contributed by atoms with Crippen LogP contribution >= 0.6 is 0 Å². The molecule has 11 nitrogen and oxygen atoms in total. The van der Waals surface area contributed by atoms with Gasteiger partial charge in [0.1, 0.15) is 11.5 Å². The van der Waals surface area contributed by atoms with Crippen LogP contribution in [0.2, 0.25) is 0 Å². The molecule has 1 aliphatic heterocycles. The number of carbonyl (C=O) groups is 1. The number of sulfonamides is 1. The molecule has 0 saturated heterocycles. The minimum atomic E-state index is -5.08. The number of anilines is 1. The van der Waals surface area contributed by atoms with Crippen LogP contribution in [0.5, 0.6) is 5.88 Å². The zero-order valence-electron chi connectivity index (χ0n) is 26.2. The second-order valence-corrected chi connectivity index (χ2v) is 13.0. The highest BCUT2D eigenvalue weighted by molar-refractivity contribution is 7.89. The van der Waals surface area contributed by atoms with Gasteiger partial charge in [-0.2, -0.15) is 26.3 Å². The summed E-state index contributed by atoms with van der Waals surface area (Å²) in [6.45, 7) is 3.34. The first-order valence-electron chi connectivity index (χ1n) is 14.7. The van der Waals surface area contributed by atoms with Gasteiger partial charge in [0.15, 0.2) is 0 Å². The molecule has 0 fully saturated rings. The van der Waals surface area contributed by atoms with Crippen molar-refractivity contribution in [2.75, 3.05) is 24.4 Å². The first kappa shape index (κ1) is 36.8. The standard InChI is InChI=1S/C30H34F6N6O5S/c1-4-28(37)21(15-23-24(8-9-25(40-23)46-3)42(28)27(43)47-5-2)26-39-16-18(7-6-10-48(38,44)45)22(41-26)13-17-11-19(29(31,32)33)14-20(12-17)30(34,35)36/h8-9,11-12,14,16,21H,4-7,10,13,15,37H2,1-3H3,(H2,38,44,45). The number of pyridine rings is 1. The minimum absolute atomic E-state index is 0.0140. The Labute approximate surface area is 272 Å². The highest BCUT2D eigenvalue weighted by atomic mass is 32.2. The smallest absolute Gasteiger partial charge is 0.416 e. The van der Waals surface area contributed by atoms with E-state index in [9.17, 15) is 39.6 Å². The number of ether oxygens (including phenoxy) is 2. The number of hydrogen-bond donors (Lipinski definition) is 2. The summed E-state index contributed by atoms with van der Waals surface area (Å²) in [5.74, 6) is -1.09. The van der Waals surface area contributed by atoms with Crippen LogP contribution in [0, 0.1) is 0 Å². The van der Waals surface area contributed by atoms with Crippen LogP contribution in [0.15, 0.2) is 36.5 Å². The first-order chi connectivity index (χ1) is 22.3. The highest BCUT2D eigenvalue weighted by Gasteiger charge is 2.50. The number of amides is 1. The molecule has 48 heavy (non-hydrogen) atoms. The third-order valence-electron chi connectivity index (χ3n) is 7.99. The van der Waals surface area contributed by atoms with Gasteiger partial charge in [-0.3, -0.25) is 4.90 Å². The Morgan fingerprint density at radius 2 is 1.71 bits per heavy atom. The van der Waals surface area contributed by atoms with Crippen molar-refractivity contribution in [2.45, 2.75) is 69.9 Å². The minimum Gasteiger partial charge on any atom is -0.481 e. The Bertz CT molecular complexity index is 1740. The van der Waals surface area contributed by atoms with E-state index in [1.807, 2.05) is 0 Å². The topological polar surface area (TPSA) is 164 Å². The van der Waals surface area contributed by atoms with Gasteiger partial charge in [0.25, 0.3) is 0 Å². The summed E-state index contributed by atoms with van der Waals surface area (Å²) in [5.41, 5.74) is 3.10. The van der Waals surface area contributed by atoms with Crippen molar-refractivity contribution in [3.05, 3.63) is 76.0 Å². The molecule has 2 unspecified atom stereocenters. The molecule has 0 radical (unpaired) electrons. The molecular formula is C30H34F6N6O5S. The van der Waals surface area contributed by atoms with E-state index in [4.69, 9.17) is 20.3 Å². The van der Waals surface area contributed by atoms with Crippen molar-refractivity contribution in [3.8, 4) is 5.88 Å². The van der Waals surface area contributed by atoms with Gasteiger partial charge < -0.3 is 15.2 Å². The quantitative estimate of drug-likeness (QED) is 0.274. The number of methoxy groups -OCH3 is 1. The van der Waals surface area contributed by atoms with Gasteiger partial charge in [-0.1, -0.05) is 6.92 Å². The number of hydrogen-bond acceptors (Lipinski definition) is 9. The van der Waals surface area contributed by atoms with Crippen molar-refractivity contribution < 1.29 is 49.0 Å². The number of nitrogens with zero attached hydrogens (tertiary/aromatic N) is 4. The van der Waals surface area contributed by atoms with Crippen molar-refractivity contribution in [1.82, 2.24) is 15.0 Å². The Morgan fingerprint density at radius 3 is 2.25 bits per heavy atom. The largest absolute Gasteiger partial charge is 0.481 e. The second kappa shape index (κ2) is 13.8. The Balaban J connectivity index is 1.88. The van der Waals surface area contributed by atoms with Gasteiger partial charge in [0.05, 0.1) is 53.6 Å². The summed E-state index contributed by atoms with van der Waals surface area (Å²) in [5, 5.41) is 5.12. The fraction of sp³-hybridized carbons (Fsp3) is 0.467. The molecule has 0 bridgehead atoms. The lowest BCUT2D eigenvalue weighted by atomic mass is 9.80. The van der Waals surface area contributed by atoms with Crippen LogP contribution in [0.25, 0.3) is 0 Å². The van der Waals surface area contributed by atoms with Crippen LogP contribution in [0.4, 0.5) is 36.8 Å². The van der Waals surface area contributed by atoms with E-state index in [0.29, 0.717) is 23.5 Å². The van der Waals surface area contributed by atoms with E-state index in [2.05, 4.69) is 15.0 Å². The van der Waals surface area contributed by atoms with E-state index in [1.165, 1.54) is 24.3 Å². The summed E-state index contributed by atoms with van der Waals surface area (Å²) in [7, 11) is -2.48. The number of benzene rings is 1. The first-order valence-corrected chi connectivity index (χ1v) is 16.5. The van der Waals surface area contributed by atoms with Gasteiger partial charge in [-0.05, 0) is 61.6 Å². The molecule has 0 spiro atoms. The summed E-state index contributed by atoms with van der Waals surface area (Å²) >= 11 is 0. The zero-order chi connectivity index (χ0) is 35.7.